The Hall–Kier alpha value is -1.16. The van der Waals surface area contributed by atoms with Gasteiger partial charge in [-0.15, -0.1) is 0 Å². The average molecular weight is 269 g/mol. The summed E-state index contributed by atoms with van der Waals surface area (Å²) in [6, 6.07) is 2.77. The summed E-state index contributed by atoms with van der Waals surface area (Å²) in [6.07, 6.45) is 4.53. The van der Waals surface area contributed by atoms with E-state index >= 15 is 0 Å². The second-order valence-electron chi connectivity index (χ2n) is 6.23. The van der Waals surface area contributed by atoms with Crippen LogP contribution in [-0.4, -0.2) is 11.1 Å². The molecule has 0 atom stereocenters. The summed E-state index contributed by atoms with van der Waals surface area (Å²) in [5, 5.41) is 12.4. The Morgan fingerprint density at radius 2 is 1.74 bits per heavy atom. The molecule has 2 rings (SSSR count). The van der Waals surface area contributed by atoms with Crippen LogP contribution in [0.4, 0.5) is 8.78 Å². The molecule has 1 aromatic carbocycles. The van der Waals surface area contributed by atoms with Crippen LogP contribution in [0.1, 0.15) is 45.1 Å². The molecule has 1 fully saturated rings. The van der Waals surface area contributed by atoms with Gasteiger partial charge in [-0.1, -0.05) is 13.8 Å². The number of phenols is 1. The highest BCUT2D eigenvalue weighted by molar-refractivity contribution is 5.29. The molecule has 0 radical (unpaired) electrons. The first-order chi connectivity index (χ1) is 8.87. The summed E-state index contributed by atoms with van der Waals surface area (Å²) >= 11 is 0. The van der Waals surface area contributed by atoms with Crippen LogP contribution in [0, 0.1) is 17.0 Å². The van der Waals surface area contributed by atoms with Gasteiger partial charge in [0.2, 0.25) is 0 Å². The van der Waals surface area contributed by atoms with Gasteiger partial charge in [0.05, 0.1) is 0 Å². The number of aromatic hydroxyl groups is 1. The molecule has 2 nitrogen and oxygen atoms in total. The maximum Gasteiger partial charge on any atom is 0.187 e. The zero-order chi connectivity index (χ0) is 14.0. The molecule has 4 heteroatoms. The number of nitrogens with one attached hydrogen (secondary N) is 1. The first kappa shape index (κ1) is 14.3. The molecule has 0 saturated heterocycles. The van der Waals surface area contributed by atoms with E-state index in [1.807, 2.05) is 0 Å². The predicted octanol–water partition coefficient (Wildman–Crippen LogP) is 3.73. The van der Waals surface area contributed by atoms with Crippen LogP contribution in [-0.2, 0) is 6.54 Å². The normalized spacial score (nSPS) is 19.6. The molecule has 0 heterocycles. The van der Waals surface area contributed by atoms with Gasteiger partial charge in [0.15, 0.2) is 17.4 Å². The number of phenolic OH excluding ortho intramolecular Hbond substituents is 1. The van der Waals surface area contributed by atoms with Gasteiger partial charge >= 0.3 is 0 Å². The second kappa shape index (κ2) is 5.45. The average Bonchev–Trinajstić information content (AvgIpc) is 2.34. The number of hydrogen-bond acceptors (Lipinski definition) is 2. The lowest BCUT2D eigenvalue weighted by molar-refractivity contribution is 0.206. The molecular formula is C15H21F2NO. The van der Waals surface area contributed by atoms with E-state index in [9.17, 15) is 8.78 Å². The molecule has 1 aliphatic rings. The minimum absolute atomic E-state index is 0.410. The Bertz CT molecular complexity index is 426. The molecule has 0 bridgehead atoms. The maximum absolute atomic E-state index is 13.2. The van der Waals surface area contributed by atoms with Gasteiger partial charge in [-0.2, -0.15) is 0 Å². The van der Waals surface area contributed by atoms with Crippen LogP contribution in [0.2, 0.25) is 0 Å². The quantitative estimate of drug-likeness (QED) is 0.876. The van der Waals surface area contributed by atoms with Gasteiger partial charge in [0.25, 0.3) is 0 Å². The van der Waals surface area contributed by atoms with Crippen LogP contribution in [0.25, 0.3) is 0 Å². The Morgan fingerprint density at radius 1 is 1.21 bits per heavy atom. The van der Waals surface area contributed by atoms with Crippen LogP contribution in [0.3, 0.4) is 0 Å². The molecule has 0 aromatic heterocycles. The lowest BCUT2D eigenvalue weighted by Crippen LogP contribution is -2.35. The standard InChI is InChI=1S/C15H21F2NO/c1-15(2)5-3-11(4-6-15)18-9-10-7-12(16)14(19)13(17)8-10/h7-8,11,18-19H,3-6,9H2,1-2H3. The zero-order valence-corrected chi connectivity index (χ0v) is 11.5. The summed E-state index contributed by atoms with van der Waals surface area (Å²) in [5.74, 6) is -2.70. The SMILES string of the molecule is CC1(C)CCC(NCc2cc(F)c(O)c(F)c2)CC1. The van der Waals surface area contributed by atoms with Gasteiger partial charge < -0.3 is 10.4 Å². The van der Waals surface area contributed by atoms with Crippen molar-refractivity contribution < 1.29 is 13.9 Å². The maximum atomic E-state index is 13.2. The van der Waals surface area contributed by atoms with Crippen molar-refractivity contribution in [3.8, 4) is 5.75 Å². The predicted molar refractivity (Wildman–Crippen MR) is 70.9 cm³/mol. The molecule has 0 spiro atoms. The fourth-order valence-corrected chi connectivity index (χ4v) is 2.59. The molecule has 0 aliphatic heterocycles. The lowest BCUT2D eigenvalue weighted by Gasteiger charge is -2.34. The van der Waals surface area contributed by atoms with E-state index in [4.69, 9.17) is 5.11 Å². The van der Waals surface area contributed by atoms with Crippen molar-refractivity contribution in [3.63, 3.8) is 0 Å². The molecule has 0 amide bonds. The summed E-state index contributed by atoms with van der Waals surface area (Å²) < 4.78 is 26.4. The van der Waals surface area contributed by atoms with E-state index in [2.05, 4.69) is 19.2 Å². The Balaban J connectivity index is 1.90. The fourth-order valence-electron chi connectivity index (χ4n) is 2.59. The molecule has 2 N–H and O–H groups in total. The lowest BCUT2D eigenvalue weighted by atomic mass is 9.75. The van der Waals surface area contributed by atoms with Crippen molar-refractivity contribution >= 4 is 0 Å². The fraction of sp³-hybridized carbons (Fsp3) is 0.600. The summed E-state index contributed by atoms with van der Waals surface area (Å²) in [4.78, 5) is 0. The van der Waals surface area contributed by atoms with E-state index in [0.717, 1.165) is 12.8 Å². The number of halogens is 2. The summed E-state index contributed by atoms with van der Waals surface area (Å²) in [7, 11) is 0. The third-order valence-electron chi connectivity index (χ3n) is 4.01. The number of benzene rings is 1. The second-order valence-corrected chi connectivity index (χ2v) is 6.23. The van der Waals surface area contributed by atoms with Gasteiger partial charge in [-0.05, 0) is 48.8 Å². The van der Waals surface area contributed by atoms with E-state index in [-0.39, 0.29) is 0 Å². The Kier molecular flexibility index (Phi) is 4.09. The van der Waals surface area contributed by atoms with Crippen LogP contribution >= 0.6 is 0 Å². The van der Waals surface area contributed by atoms with E-state index in [0.29, 0.717) is 23.6 Å². The third kappa shape index (κ3) is 3.66. The van der Waals surface area contributed by atoms with Crippen LogP contribution < -0.4 is 5.32 Å². The first-order valence-electron chi connectivity index (χ1n) is 6.78. The highest BCUT2D eigenvalue weighted by Crippen LogP contribution is 2.35. The monoisotopic (exact) mass is 269 g/mol. The summed E-state index contributed by atoms with van der Waals surface area (Å²) in [5.41, 5.74) is 0.937. The van der Waals surface area contributed by atoms with E-state index < -0.39 is 17.4 Å². The topological polar surface area (TPSA) is 32.3 Å². The highest BCUT2D eigenvalue weighted by Gasteiger charge is 2.26. The summed E-state index contributed by atoms with van der Waals surface area (Å²) in [6.45, 7) is 4.97. The van der Waals surface area contributed by atoms with Gasteiger partial charge in [0.1, 0.15) is 0 Å². The van der Waals surface area contributed by atoms with Crippen molar-refractivity contribution in [3.05, 3.63) is 29.3 Å². The minimum atomic E-state index is -0.901. The van der Waals surface area contributed by atoms with Crippen LogP contribution in [0.5, 0.6) is 5.75 Å². The third-order valence-corrected chi connectivity index (χ3v) is 4.01. The van der Waals surface area contributed by atoms with Crippen LogP contribution in [0.15, 0.2) is 12.1 Å². The largest absolute Gasteiger partial charge is 0.503 e. The number of rotatable bonds is 3. The minimum Gasteiger partial charge on any atom is -0.503 e. The molecular weight excluding hydrogens is 248 g/mol. The molecule has 0 unspecified atom stereocenters. The molecule has 19 heavy (non-hydrogen) atoms. The zero-order valence-electron chi connectivity index (χ0n) is 11.5. The van der Waals surface area contributed by atoms with Crippen molar-refractivity contribution in [1.29, 1.82) is 0 Å². The molecule has 106 valence electrons. The smallest absolute Gasteiger partial charge is 0.187 e. The van der Waals surface area contributed by atoms with Crippen molar-refractivity contribution in [2.45, 2.75) is 52.1 Å². The number of hydrogen-bond donors (Lipinski definition) is 2. The highest BCUT2D eigenvalue weighted by atomic mass is 19.1. The van der Waals surface area contributed by atoms with Crippen molar-refractivity contribution in [1.82, 2.24) is 5.32 Å². The Morgan fingerprint density at radius 3 is 2.26 bits per heavy atom. The van der Waals surface area contributed by atoms with Gasteiger partial charge in [0, 0.05) is 12.6 Å². The Labute approximate surface area is 112 Å². The molecule has 1 saturated carbocycles. The van der Waals surface area contributed by atoms with E-state index in [1.54, 1.807) is 0 Å². The molecule has 1 aromatic rings. The first-order valence-corrected chi connectivity index (χ1v) is 6.78. The van der Waals surface area contributed by atoms with E-state index in [1.165, 1.54) is 25.0 Å². The van der Waals surface area contributed by atoms with Gasteiger partial charge in [-0.3, -0.25) is 0 Å². The molecule has 1 aliphatic carbocycles. The van der Waals surface area contributed by atoms with Crippen molar-refractivity contribution in [2.24, 2.45) is 5.41 Å². The van der Waals surface area contributed by atoms with Gasteiger partial charge in [-0.25, -0.2) is 8.78 Å². The van der Waals surface area contributed by atoms with Crippen molar-refractivity contribution in [2.75, 3.05) is 0 Å².